The summed E-state index contributed by atoms with van der Waals surface area (Å²) in [5.74, 6) is -0.290. The minimum atomic E-state index is -0.771. The highest BCUT2D eigenvalue weighted by atomic mass is 32.1. The summed E-state index contributed by atoms with van der Waals surface area (Å²) in [6.07, 6.45) is 2.28. The van der Waals surface area contributed by atoms with Crippen molar-refractivity contribution in [3.63, 3.8) is 0 Å². The fourth-order valence-electron chi connectivity index (χ4n) is 2.44. The molecule has 3 rings (SSSR count). The van der Waals surface area contributed by atoms with E-state index in [0.717, 1.165) is 23.1 Å². The molecule has 1 aliphatic rings. The molecule has 0 unspecified atom stereocenters. The topological polar surface area (TPSA) is 37.3 Å². The average molecular weight is 246 g/mol. The predicted octanol–water partition coefficient (Wildman–Crippen LogP) is 4.09. The van der Waals surface area contributed by atoms with Gasteiger partial charge in [-0.1, -0.05) is 12.1 Å². The highest BCUT2D eigenvalue weighted by Crippen LogP contribution is 2.49. The first-order valence-corrected chi connectivity index (χ1v) is 6.67. The number of thiophene rings is 1. The molecule has 1 aromatic heterocycles. The van der Waals surface area contributed by atoms with E-state index in [4.69, 9.17) is 0 Å². The van der Waals surface area contributed by atoms with Crippen molar-refractivity contribution in [2.24, 2.45) is 0 Å². The molecule has 0 spiro atoms. The molecule has 3 heteroatoms. The van der Waals surface area contributed by atoms with Crippen molar-refractivity contribution in [3.8, 4) is 0 Å². The number of rotatable bonds is 2. The third-order valence-electron chi connectivity index (χ3n) is 3.46. The Balaban J connectivity index is 2.42. The number of carboxylic acid groups (broad SMARTS) is 1. The number of hydrogen-bond donors (Lipinski definition) is 1. The van der Waals surface area contributed by atoms with Crippen LogP contribution >= 0.6 is 11.3 Å². The van der Waals surface area contributed by atoms with Crippen molar-refractivity contribution in [3.05, 3.63) is 33.7 Å². The van der Waals surface area contributed by atoms with Crippen LogP contribution in [0.3, 0.4) is 0 Å². The third-order valence-corrected chi connectivity index (χ3v) is 4.79. The standard InChI is InChI=1S/C14H14O2S/c1-7-3-4-8(2)12-10(7)11(9-5-6-9)13(17-12)14(15)16/h3-4,9H,5-6H2,1-2H3,(H,15,16). The van der Waals surface area contributed by atoms with Crippen LogP contribution in [0.5, 0.6) is 0 Å². The highest BCUT2D eigenvalue weighted by molar-refractivity contribution is 7.21. The second-order valence-corrected chi connectivity index (χ2v) is 5.85. The molecule has 1 heterocycles. The third kappa shape index (κ3) is 1.57. The molecular weight excluding hydrogens is 232 g/mol. The van der Waals surface area contributed by atoms with E-state index in [1.54, 1.807) is 0 Å². The van der Waals surface area contributed by atoms with Gasteiger partial charge in [-0.15, -0.1) is 11.3 Å². The highest BCUT2D eigenvalue weighted by Gasteiger charge is 2.32. The number of carboxylic acids is 1. The number of aryl methyl sites for hydroxylation is 2. The fraction of sp³-hybridized carbons (Fsp3) is 0.357. The number of carbonyl (C=O) groups is 1. The lowest BCUT2D eigenvalue weighted by Gasteiger charge is -2.03. The van der Waals surface area contributed by atoms with Crippen LogP contribution in [-0.4, -0.2) is 11.1 Å². The molecular formula is C14H14O2S. The van der Waals surface area contributed by atoms with Crippen LogP contribution in [0.4, 0.5) is 0 Å². The van der Waals surface area contributed by atoms with Gasteiger partial charge in [-0.2, -0.15) is 0 Å². The molecule has 0 atom stereocenters. The van der Waals surface area contributed by atoms with E-state index in [2.05, 4.69) is 26.0 Å². The average Bonchev–Trinajstić information content (AvgIpc) is 3.03. The first-order chi connectivity index (χ1) is 8.09. The van der Waals surface area contributed by atoms with Gasteiger partial charge in [-0.25, -0.2) is 4.79 Å². The first-order valence-electron chi connectivity index (χ1n) is 5.85. The van der Waals surface area contributed by atoms with Crippen LogP contribution in [0.15, 0.2) is 12.1 Å². The SMILES string of the molecule is Cc1ccc(C)c2c(C3CC3)c(C(=O)O)sc12. The van der Waals surface area contributed by atoms with E-state index in [1.165, 1.54) is 27.8 Å². The van der Waals surface area contributed by atoms with Gasteiger partial charge in [0.2, 0.25) is 0 Å². The van der Waals surface area contributed by atoms with Crippen LogP contribution in [0, 0.1) is 13.8 Å². The maximum atomic E-state index is 11.4. The van der Waals surface area contributed by atoms with Gasteiger partial charge in [0, 0.05) is 10.1 Å². The van der Waals surface area contributed by atoms with E-state index >= 15 is 0 Å². The molecule has 0 aliphatic heterocycles. The van der Waals surface area contributed by atoms with Crippen molar-refractivity contribution in [2.45, 2.75) is 32.6 Å². The van der Waals surface area contributed by atoms with Crippen molar-refractivity contribution in [1.82, 2.24) is 0 Å². The molecule has 2 nitrogen and oxygen atoms in total. The monoisotopic (exact) mass is 246 g/mol. The quantitative estimate of drug-likeness (QED) is 0.866. The van der Waals surface area contributed by atoms with Gasteiger partial charge in [0.1, 0.15) is 4.88 Å². The Labute approximate surface area is 104 Å². The molecule has 1 aromatic carbocycles. The minimum Gasteiger partial charge on any atom is -0.477 e. The van der Waals surface area contributed by atoms with Crippen LogP contribution in [0.25, 0.3) is 10.1 Å². The summed E-state index contributed by atoms with van der Waals surface area (Å²) in [6.45, 7) is 4.13. The summed E-state index contributed by atoms with van der Waals surface area (Å²) in [5, 5.41) is 10.5. The van der Waals surface area contributed by atoms with E-state index in [1.807, 2.05) is 0 Å². The molecule has 1 fully saturated rings. The van der Waals surface area contributed by atoms with Crippen molar-refractivity contribution >= 4 is 27.4 Å². The summed E-state index contributed by atoms with van der Waals surface area (Å²) in [6, 6.07) is 4.18. The molecule has 0 amide bonds. The van der Waals surface area contributed by atoms with Gasteiger partial charge in [0.15, 0.2) is 0 Å². The zero-order chi connectivity index (χ0) is 12.2. The smallest absolute Gasteiger partial charge is 0.346 e. The lowest BCUT2D eigenvalue weighted by Crippen LogP contribution is -1.96. The van der Waals surface area contributed by atoms with E-state index in [-0.39, 0.29) is 0 Å². The van der Waals surface area contributed by atoms with Crippen LogP contribution in [-0.2, 0) is 0 Å². The molecule has 88 valence electrons. The first kappa shape index (κ1) is 10.8. The van der Waals surface area contributed by atoms with Gasteiger partial charge in [0.05, 0.1) is 0 Å². The summed E-state index contributed by atoms with van der Waals surface area (Å²) < 4.78 is 1.16. The summed E-state index contributed by atoms with van der Waals surface area (Å²) in [4.78, 5) is 11.9. The van der Waals surface area contributed by atoms with E-state index < -0.39 is 5.97 Å². The summed E-state index contributed by atoms with van der Waals surface area (Å²) >= 11 is 1.44. The Bertz CT molecular complexity index is 621. The van der Waals surface area contributed by atoms with Crippen molar-refractivity contribution in [2.75, 3.05) is 0 Å². The number of aromatic carboxylic acids is 1. The fourth-order valence-corrected chi connectivity index (χ4v) is 3.71. The van der Waals surface area contributed by atoms with Crippen LogP contribution in [0.2, 0.25) is 0 Å². The summed E-state index contributed by atoms with van der Waals surface area (Å²) in [5.41, 5.74) is 3.49. The zero-order valence-electron chi connectivity index (χ0n) is 9.91. The Hall–Kier alpha value is -1.35. The lowest BCUT2D eigenvalue weighted by molar-refractivity contribution is 0.0701. The second-order valence-electron chi connectivity index (χ2n) is 4.83. The Kier molecular flexibility index (Phi) is 2.26. The number of fused-ring (bicyclic) bond motifs is 1. The van der Waals surface area contributed by atoms with Crippen molar-refractivity contribution in [1.29, 1.82) is 0 Å². The molecule has 1 aliphatic carbocycles. The van der Waals surface area contributed by atoms with E-state index in [9.17, 15) is 9.90 Å². The molecule has 2 aromatic rings. The second kappa shape index (κ2) is 3.57. The molecule has 0 radical (unpaired) electrons. The lowest BCUT2D eigenvalue weighted by atomic mass is 10.00. The van der Waals surface area contributed by atoms with Crippen molar-refractivity contribution < 1.29 is 9.90 Å². The Morgan fingerprint density at radius 2 is 1.94 bits per heavy atom. The van der Waals surface area contributed by atoms with Crippen LogP contribution < -0.4 is 0 Å². The van der Waals surface area contributed by atoms with Gasteiger partial charge >= 0.3 is 5.97 Å². The molecule has 1 saturated carbocycles. The van der Waals surface area contributed by atoms with Gasteiger partial charge in [0.25, 0.3) is 0 Å². The number of hydrogen-bond acceptors (Lipinski definition) is 2. The van der Waals surface area contributed by atoms with Gasteiger partial charge < -0.3 is 5.11 Å². The molecule has 0 saturated heterocycles. The predicted molar refractivity (Wildman–Crippen MR) is 70.2 cm³/mol. The van der Waals surface area contributed by atoms with Gasteiger partial charge in [-0.3, -0.25) is 0 Å². The largest absolute Gasteiger partial charge is 0.477 e. The molecule has 0 bridgehead atoms. The van der Waals surface area contributed by atoms with E-state index in [0.29, 0.717) is 10.8 Å². The Morgan fingerprint density at radius 1 is 1.29 bits per heavy atom. The molecule has 17 heavy (non-hydrogen) atoms. The zero-order valence-corrected chi connectivity index (χ0v) is 10.7. The maximum absolute atomic E-state index is 11.4. The molecule has 1 N–H and O–H groups in total. The number of benzene rings is 1. The minimum absolute atomic E-state index is 0.482. The maximum Gasteiger partial charge on any atom is 0.346 e. The Morgan fingerprint density at radius 3 is 2.53 bits per heavy atom. The van der Waals surface area contributed by atoms with Gasteiger partial charge in [-0.05, 0) is 49.3 Å². The summed E-state index contributed by atoms with van der Waals surface area (Å²) in [7, 11) is 0. The van der Waals surface area contributed by atoms with Crippen LogP contribution in [0.1, 0.15) is 45.1 Å². The normalized spacial score (nSPS) is 15.4.